The van der Waals surface area contributed by atoms with Crippen molar-refractivity contribution in [1.82, 2.24) is 16.0 Å². The van der Waals surface area contributed by atoms with Crippen LogP contribution in [0.2, 0.25) is 0 Å². The predicted octanol–water partition coefficient (Wildman–Crippen LogP) is -0.393. The summed E-state index contributed by atoms with van der Waals surface area (Å²) in [5.41, 5.74) is 0. The van der Waals surface area contributed by atoms with E-state index in [-0.39, 0.29) is 11.9 Å². The van der Waals surface area contributed by atoms with Crippen LogP contribution in [0.4, 0.5) is 0 Å². The Labute approximate surface area is 84.8 Å². The zero-order chi connectivity index (χ0) is 9.80. The fourth-order valence-electron chi connectivity index (χ4n) is 2.18. The summed E-state index contributed by atoms with van der Waals surface area (Å²) in [5, 5.41) is 9.63. The second-order valence-electron chi connectivity index (χ2n) is 4.18. The van der Waals surface area contributed by atoms with Crippen molar-refractivity contribution in [3.8, 4) is 0 Å². The van der Waals surface area contributed by atoms with E-state index in [0.29, 0.717) is 6.04 Å². The van der Waals surface area contributed by atoms with Gasteiger partial charge in [-0.1, -0.05) is 0 Å². The summed E-state index contributed by atoms with van der Waals surface area (Å²) in [6.07, 6.45) is 4.26. The zero-order valence-corrected chi connectivity index (χ0v) is 8.51. The maximum absolute atomic E-state index is 11.7. The third-order valence-electron chi connectivity index (χ3n) is 3.06. The molecular weight excluding hydrogens is 178 g/mol. The Bertz CT molecular complexity index is 196. The van der Waals surface area contributed by atoms with E-state index >= 15 is 0 Å². The van der Waals surface area contributed by atoms with Crippen LogP contribution in [0, 0.1) is 0 Å². The minimum atomic E-state index is 0.0740. The number of carbonyl (C=O) groups is 1. The molecule has 0 aromatic heterocycles. The van der Waals surface area contributed by atoms with Crippen molar-refractivity contribution in [2.24, 2.45) is 0 Å². The number of hydrogen-bond acceptors (Lipinski definition) is 3. The van der Waals surface area contributed by atoms with Gasteiger partial charge in [0.2, 0.25) is 5.91 Å². The number of amides is 1. The average molecular weight is 197 g/mol. The van der Waals surface area contributed by atoms with Crippen LogP contribution in [0.3, 0.4) is 0 Å². The molecule has 14 heavy (non-hydrogen) atoms. The van der Waals surface area contributed by atoms with E-state index < -0.39 is 0 Å². The summed E-state index contributed by atoms with van der Waals surface area (Å²) >= 11 is 0. The lowest BCUT2D eigenvalue weighted by atomic mass is 10.1. The summed E-state index contributed by atoms with van der Waals surface area (Å²) in [5.74, 6) is 0.203. The van der Waals surface area contributed by atoms with Crippen LogP contribution in [-0.2, 0) is 4.79 Å². The second-order valence-corrected chi connectivity index (χ2v) is 4.18. The molecule has 0 radical (unpaired) electrons. The topological polar surface area (TPSA) is 53.2 Å². The smallest absolute Gasteiger partial charge is 0.237 e. The van der Waals surface area contributed by atoms with E-state index in [9.17, 15) is 4.79 Å². The molecule has 0 aromatic rings. The average Bonchev–Trinajstić information content (AvgIpc) is 2.72. The van der Waals surface area contributed by atoms with Crippen molar-refractivity contribution < 1.29 is 4.79 Å². The molecule has 4 heteroatoms. The molecule has 2 saturated heterocycles. The Morgan fingerprint density at radius 1 is 1.14 bits per heavy atom. The molecule has 0 spiro atoms. The molecule has 2 fully saturated rings. The first-order valence-electron chi connectivity index (χ1n) is 5.61. The molecule has 0 aromatic carbocycles. The van der Waals surface area contributed by atoms with Crippen LogP contribution in [-0.4, -0.2) is 37.6 Å². The van der Waals surface area contributed by atoms with Gasteiger partial charge in [-0.2, -0.15) is 0 Å². The van der Waals surface area contributed by atoms with Gasteiger partial charge in [-0.25, -0.2) is 0 Å². The fourth-order valence-corrected chi connectivity index (χ4v) is 2.18. The van der Waals surface area contributed by atoms with Crippen molar-refractivity contribution in [2.45, 2.75) is 37.8 Å². The van der Waals surface area contributed by atoms with Gasteiger partial charge in [0.1, 0.15) is 0 Å². The summed E-state index contributed by atoms with van der Waals surface area (Å²) in [4.78, 5) is 11.7. The molecule has 0 aliphatic carbocycles. The minimum absolute atomic E-state index is 0.0740. The fraction of sp³-hybridized carbons (Fsp3) is 0.900. The molecule has 0 unspecified atom stereocenters. The van der Waals surface area contributed by atoms with Gasteiger partial charge in [-0.05, 0) is 45.3 Å². The van der Waals surface area contributed by atoms with Crippen LogP contribution < -0.4 is 16.0 Å². The number of nitrogens with one attached hydrogen (secondary N) is 3. The predicted molar refractivity (Wildman–Crippen MR) is 55.1 cm³/mol. The molecule has 2 heterocycles. The van der Waals surface area contributed by atoms with Crippen molar-refractivity contribution in [3.05, 3.63) is 0 Å². The maximum atomic E-state index is 11.7. The van der Waals surface area contributed by atoms with Crippen LogP contribution in [0.25, 0.3) is 0 Å². The zero-order valence-electron chi connectivity index (χ0n) is 8.51. The molecule has 0 saturated carbocycles. The SMILES string of the molecule is O=C(NC1CCNCC1)[C@@H]1CCCN1. The van der Waals surface area contributed by atoms with Gasteiger partial charge in [-0.15, -0.1) is 0 Å². The summed E-state index contributed by atoms with van der Waals surface area (Å²) in [6, 6.07) is 0.469. The number of hydrogen-bond donors (Lipinski definition) is 3. The van der Waals surface area contributed by atoms with Crippen LogP contribution in [0.1, 0.15) is 25.7 Å². The first-order chi connectivity index (χ1) is 6.86. The van der Waals surface area contributed by atoms with Gasteiger partial charge in [-0.3, -0.25) is 4.79 Å². The molecule has 2 aliphatic heterocycles. The van der Waals surface area contributed by atoms with E-state index in [4.69, 9.17) is 0 Å². The summed E-state index contributed by atoms with van der Waals surface area (Å²) < 4.78 is 0. The normalized spacial score (nSPS) is 29.0. The monoisotopic (exact) mass is 197 g/mol. The van der Waals surface area contributed by atoms with Crippen molar-refractivity contribution in [3.63, 3.8) is 0 Å². The van der Waals surface area contributed by atoms with E-state index in [2.05, 4.69) is 16.0 Å². The maximum Gasteiger partial charge on any atom is 0.237 e. The van der Waals surface area contributed by atoms with Gasteiger partial charge in [0.15, 0.2) is 0 Å². The highest BCUT2D eigenvalue weighted by Gasteiger charge is 2.24. The Balaban J connectivity index is 1.75. The molecule has 3 N–H and O–H groups in total. The van der Waals surface area contributed by atoms with E-state index in [1.54, 1.807) is 0 Å². The Morgan fingerprint density at radius 3 is 2.57 bits per heavy atom. The molecule has 1 amide bonds. The van der Waals surface area contributed by atoms with Crippen LogP contribution >= 0.6 is 0 Å². The Hall–Kier alpha value is -0.610. The first-order valence-corrected chi connectivity index (χ1v) is 5.61. The number of carbonyl (C=O) groups excluding carboxylic acids is 1. The lowest BCUT2D eigenvalue weighted by molar-refractivity contribution is -0.123. The van der Waals surface area contributed by atoms with Gasteiger partial charge in [0.05, 0.1) is 6.04 Å². The van der Waals surface area contributed by atoms with E-state index in [1.165, 1.54) is 0 Å². The van der Waals surface area contributed by atoms with E-state index in [0.717, 1.165) is 45.3 Å². The molecule has 2 aliphatic rings. The van der Waals surface area contributed by atoms with E-state index in [1.807, 2.05) is 0 Å². The number of piperidine rings is 1. The van der Waals surface area contributed by atoms with Crippen LogP contribution in [0.5, 0.6) is 0 Å². The third-order valence-corrected chi connectivity index (χ3v) is 3.06. The molecule has 2 rings (SSSR count). The second kappa shape index (κ2) is 4.75. The summed E-state index contributed by atoms with van der Waals surface area (Å²) in [6.45, 7) is 3.05. The minimum Gasteiger partial charge on any atom is -0.352 e. The Morgan fingerprint density at radius 2 is 1.93 bits per heavy atom. The van der Waals surface area contributed by atoms with Gasteiger partial charge in [0.25, 0.3) is 0 Å². The first kappa shape index (κ1) is 9.93. The lowest BCUT2D eigenvalue weighted by Crippen LogP contribution is -2.48. The molecule has 4 nitrogen and oxygen atoms in total. The highest BCUT2D eigenvalue weighted by Crippen LogP contribution is 2.07. The van der Waals surface area contributed by atoms with Crippen molar-refractivity contribution >= 4 is 5.91 Å². The largest absolute Gasteiger partial charge is 0.352 e. The standard InChI is InChI=1S/C10H19N3O/c14-10(9-2-1-5-12-9)13-8-3-6-11-7-4-8/h8-9,11-12H,1-7H2,(H,13,14)/t9-/m0/s1. The highest BCUT2D eigenvalue weighted by molar-refractivity contribution is 5.82. The molecule has 1 atom stereocenters. The highest BCUT2D eigenvalue weighted by atomic mass is 16.2. The summed E-state index contributed by atoms with van der Waals surface area (Å²) in [7, 11) is 0. The van der Waals surface area contributed by atoms with Gasteiger partial charge in [0, 0.05) is 6.04 Å². The molecule has 80 valence electrons. The quantitative estimate of drug-likeness (QED) is 0.565. The Kier molecular flexibility index (Phi) is 3.37. The van der Waals surface area contributed by atoms with Crippen molar-refractivity contribution in [2.75, 3.05) is 19.6 Å². The molecular formula is C10H19N3O. The molecule has 0 bridgehead atoms. The number of rotatable bonds is 2. The van der Waals surface area contributed by atoms with Crippen molar-refractivity contribution in [1.29, 1.82) is 0 Å². The third kappa shape index (κ3) is 2.45. The van der Waals surface area contributed by atoms with Gasteiger partial charge < -0.3 is 16.0 Å². The lowest BCUT2D eigenvalue weighted by Gasteiger charge is -2.25. The van der Waals surface area contributed by atoms with Gasteiger partial charge >= 0.3 is 0 Å². The van der Waals surface area contributed by atoms with Crippen LogP contribution in [0.15, 0.2) is 0 Å².